The first-order valence-electron chi connectivity index (χ1n) is 10.9. The fraction of sp³-hybridized carbons (Fsp3) is 0.696. The molecule has 0 spiro atoms. The molecule has 178 valence electrons. The smallest absolute Gasteiger partial charge is 0.191 e. The van der Waals surface area contributed by atoms with Gasteiger partial charge in [-0.3, -0.25) is 4.79 Å². The van der Waals surface area contributed by atoms with Crippen LogP contribution in [0.1, 0.15) is 51.9 Å². The van der Waals surface area contributed by atoms with Crippen LogP contribution in [0.5, 0.6) is 5.75 Å². The first-order chi connectivity index (χ1) is 14.0. The monoisotopic (exact) mass is 506 g/mol. The predicted molar refractivity (Wildman–Crippen MR) is 137 cm³/mol. The van der Waals surface area contributed by atoms with E-state index in [1.165, 1.54) is 0 Å². The van der Waals surface area contributed by atoms with Crippen LogP contribution in [0.2, 0.25) is 41.3 Å². The van der Waals surface area contributed by atoms with Gasteiger partial charge in [-0.05, 0) is 48.8 Å². The average Bonchev–Trinajstić information content (AvgIpc) is 2.58. The number of hydrogen-bond donors (Lipinski definition) is 0. The van der Waals surface area contributed by atoms with Crippen molar-refractivity contribution in [1.29, 1.82) is 0 Å². The maximum Gasteiger partial charge on any atom is 0.191 e. The summed E-state index contributed by atoms with van der Waals surface area (Å²) < 4.78 is 19.2. The molecule has 0 saturated heterocycles. The summed E-state index contributed by atoms with van der Waals surface area (Å²) >= 11 is 12.4. The first-order valence-corrected chi connectivity index (χ1v) is 17.3. The fourth-order valence-corrected chi connectivity index (χ4v) is 5.87. The van der Waals surface area contributed by atoms with Crippen molar-refractivity contribution < 1.29 is 18.4 Å². The number of benzene rings is 1. The number of halogens is 2. The van der Waals surface area contributed by atoms with E-state index in [9.17, 15) is 4.79 Å². The molecule has 0 aliphatic rings. The van der Waals surface area contributed by atoms with Crippen LogP contribution in [-0.4, -0.2) is 43.0 Å². The van der Waals surface area contributed by atoms with Gasteiger partial charge in [0.2, 0.25) is 0 Å². The van der Waals surface area contributed by atoms with Crippen molar-refractivity contribution in [1.82, 2.24) is 0 Å². The van der Waals surface area contributed by atoms with Gasteiger partial charge in [0, 0.05) is 12.5 Å². The van der Waals surface area contributed by atoms with Crippen LogP contribution in [0.3, 0.4) is 0 Å². The van der Waals surface area contributed by atoms with Gasteiger partial charge in [0.05, 0.1) is 28.3 Å². The number of carbonyl (C=O) groups is 1. The fourth-order valence-electron chi connectivity index (χ4n) is 3.03. The highest BCUT2D eigenvalue weighted by molar-refractivity contribution is 6.74. The summed E-state index contributed by atoms with van der Waals surface area (Å²) in [6.07, 6.45) is 0.644. The van der Waals surface area contributed by atoms with E-state index in [0.717, 1.165) is 0 Å². The minimum atomic E-state index is -1.93. The van der Waals surface area contributed by atoms with Crippen molar-refractivity contribution in [3.05, 3.63) is 27.7 Å². The van der Waals surface area contributed by atoms with Gasteiger partial charge in [-0.15, -0.1) is 0 Å². The van der Waals surface area contributed by atoms with Crippen molar-refractivity contribution in [2.45, 2.75) is 78.9 Å². The molecule has 0 amide bonds. The molecule has 31 heavy (non-hydrogen) atoms. The molecule has 0 heterocycles. The molecule has 1 aromatic rings. The Labute approximate surface area is 201 Å². The number of hydrogen-bond acceptors (Lipinski definition) is 4. The van der Waals surface area contributed by atoms with Crippen LogP contribution < -0.4 is 4.74 Å². The molecule has 0 fully saturated rings. The Hall–Kier alpha value is -0.376. The molecule has 1 rings (SSSR count). The second-order valence-electron chi connectivity index (χ2n) is 11.0. The molecule has 2 atom stereocenters. The second-order valence-corrected chi connectivity index (χ2v) is 19.0. The van der Waals surface area contributed by atoms with Gasteiger partial charge in [0.25, 0.3) is 0 Å². The summed E-state index contributed by atoms with van der Waals surface area (Å²) in [6, 6.07) is 3.26. The average molecular weight is 508 g/mol. The van der Waals surface area contributed by atoms with E-state index in [1.807, 2.05) is 0 Å². The van der Waals surface area contributed by atoms with Crippen LogP contribution in [0.4, 0.5) is 0 Å². The minimum Gasteiger partial charge on any atom is -0.493 e. The highest BCUT2D eigenvalue weighted by Gasteiger charge is 2.40. The van der Waals surface area contributed by atoms with Gasteiger partial charge in [-0.1, -0.05) is 64.7 Å². The molecule has 0 radical (unpaired) electrons. The Morgan fingerprint density at radius 1 is 1.03 bits per heavy atom. The standard InChI is InChI=1S/C23H40Cl2O4Si2/c1-22(2,3)21(29-30(7)8)16(15-28-31(9,10)23(4,5)6)14-27-17-11-19(24)18(13-26)20(25)12-17/h11-13,16,21,30H,14-15H2,1-10H3. The van der Waals surface area contributed by atoms with E-state index in [2.05, 4.69) is 67.7 Å². The SMILES string of the molecule is C[SiH](C)OC(C(COc1cc(Cl)c(C=O)c(Cl)c1)CO[Si](C)(C)C(C)(C)C)C(C)(C)C. The van der Waals surface area contributed by atoms with Crippen molar-refractivity contribution in [3.8, 4) is 5.75 Å². The van der Waals surface area contributed by atoms with Crippen LogP contribution in [0.15, 0.2) is 12.1 Å². The molecule has 0 saturated carbocycles. The van der Waals surface area contributed by atoms with E-state index in [1.54, 1.807) is 12.1 Å². The molecular formula is C23H40Cl2O4Si2. The highest BCUT2D eigenvalue weighted by Crippen LogP contribution is 2.38. The minimum absolute atomic E-state index is 0.0101. The van der Waals surface area contributed by atoms with Crippen molar-refractivity contribution >= 4 is 46.8 Å². The number of aldehydes is 1. The maximum absolute atomic E-state index is 11.2. The summed E-state index contributed by atoms with van der Waals surface area (Å²) in [5.41, 5.74) is 0.203. The lowest BCUT2D eigenvalue weighted by Crippen LogP contribution is -2.48. The first kappa shape index (κ1) is 28.7. The van der Waals surface area contributed by atoms with Gasteiger partial charge in [0.15, 0.2) is 23.6 Å². The Kier molecular flexibility index (Phi) is 10.3. The van der Waals surface area contributed by atoms with Crippen LogP contribution >= 0.6 is 23.2 Å². The zero-order valence-corrected chi connectivity index (χ0v) is 24.4. The van der Waals surface area contributed by atoms with Crippen molar-refractivity contribution in [3.63, 3.8) is 0 Å². The van der Waals surface area contributed by atoms with Crippen LogP contribution in [0.25, 0.3) is 0 Å². The van der Waals surface area contributed by atoms with E-state index >= 15 is 0 Å². The molecule has 0 bridgehead atoms. The second kappa shape index (κ2) is 11.2. The van der Waals surface area contributed by atoms with Gasteiger partial charge < -0.3 is 13.6 Å². The molecule has 8 heteroatoms. The number of ether oxygens (including phenoxy) is 1. The van der Waals surface area contributed by atoms with E-state index in [4.69, 9.17) is 36.8 Å². The number of carbonyl (C=O) groups excluding carboxylic acids is 1. The van der Waals surface area contributed by atoms with E-state index in [-0.39, 0.29) is 38.1 Å². The van der Waals surface area contributed by atoms with E-state index in [0.29, 0.717) is 25.2 Å². The molecule has 0 N–H and O–H groups in total. The van der Waals surface area contributed by atoms with E-state index < -0.39 is 17.4 Å². The summed E-state index contributed by atoms with van der Waals surface area (Å²) in [4.78, 5) is 11.2. The van der Waals surface area contributed by atoms with Crippen LogP contribution in [-0.2, 0) is 8.85 Å². The zero-order chi connectivity index (χ0) is 24.2. The quantitative estimate of drug-likeness (QED) is 0.247. The maximum atomic E-state index is 11.2. The third-order valence-corrected chi connectivity index (χ3v) is 11.8. The largest absolute Gasteiger partial charge is 0.493 e. The predicted octanol–water partition coefficient (Wildman–Crippen LogP) is 7.24. The molecule has 1 aromatic carbocycles. The Bertz CT molecular complexity index is 717. The summed E-state index contributed by atoms with van der Waals surface area (Å²) in [6.45, 7) is 23.2. The van der Waals surface area contributed by atoms with Gasteiger partial charge in [-0.25, -0.2) is 0 Å². The zero-order valence-electron chi connectivity index (χ0n) is 20.8. The van der Waals surface area contributed by atoms with Gasteiger partial charge in [-0.2, -0.15) is 0 Å². The molecule has 0 aliphatic carbocycles. The lowest BCUT2D eigenvalue weighted by molar-refractivity contribution is -0.00839. The summed E-state index contributed by atoms with van der Waals surface area (Å²) in [5.74, 6) is 0.569. The van der Waals surface area contributed by atoms with Gasteiger partial charge >= 0.3 is 0 Å². The van der Waals surface area contributed by atoms with Gasteiger partial charge in [0.1, 0.15) is 5.75 Å². The summed E-state index contributed by atoms with van der Waals surface area (Å²) in [7, 11) is -3.22. The lowest BCUT2D eigenvalue weighted by Gasteiger charge is -2.42. The molecule has 0 aliphatic heterocycles. The van der Waals surface area contributed by atoms with Crippen molar-refractivity contribution in [2.24, 2.45) is 11.3 Å². The Morgan fingerprint density at radius 2 is 1.55 bits per heavy atom. The Morgan fingerprint density at radius 3 is 1.94 bits per heavy atom. The van der Waals surface area contributed by atoms with Crippen LogP contribution in [0, 0.1) is 11.3 Å². The third-order valence-electron chi connectivity index (χ3n) is 5.80. The highest BCUT2D eigenvalue weighted by atomic mass is 35.5. The normalized spacial score (nSPS) is 15.1. The Balaban J connectivity index is 3.16. The van der Waals surface area contributed by atoms with Crippen molar-refractivity contribution in [2.75, 3.05) is 13.2 Å². The summed E-state index contributed by atoms with van der Waals surface area (Å²) in [5, 5.41) is 0.684. The molecular weight excluding hydrogens is 467 g/mol. The third kappa shape index (κ3) is 8.48. The molecule has 2 unspecified atom stereocenters. The lowest BCUT2D eigenvalue weighted by atomic mass is 9.82. The topological polar surface area (TPSA) is 44.8 Å². The number of rotatable bonds is 10. The molecule has 0 aromatic heterocycles. The molecule has 4 nitrogen and oxygen atoms in total.